The third-order valence-electron chi connectivity index (χ3n) is 3.59. The van der Waals surface area contributed by atoms with Gasteiger partial charge in [0, 0.05) is 24.7 Å². The molecule has 3 heterocycles. The van der Waals surface area contributed by atoms with Crippen molar-refractivity contribution >= 4 is 40.0 Å². The molecule has 8 heteroatoms. The molecular weight excluding hydrogens is 344 g/mol. The van der Waals surface area contributed by atoms with Gasteiger partial charge >= 0.3 is 0 Å². The van der Waals surface area contributed by atoms with Crippen LogP contribution in [0.1, 0.15) is 28.9 Å². The van der Waals surface area contributed by atoms with Crippen LogP contribution in [0.25, 0.3) is 0 Å². The molecule has 0 radical (unpaired) electrons. The van der Waals surface area contributed by atoms with E-state index in [1.807, 2.05) is 17.2 Å². The van der Waals surface area contributed by atoms with E-state index in [1.54, 1.807) is 18.3 Å². The maximum Gasteiger partial charge on any atom is 0.255 e. The number of amides is 2. The summed E-state index contributed by atoms with van der Waals surface area (Å²) in [5.41, 5.74) is 1.49. The van der Waals surface area contributed by atoms with Gasteiger partial charge in [-0.25, -0.2) is 9.97 Å². The van der Waals surface area contributed by atoms with Crippen LogP contribution in [-0.4, -0.2) is 45.5 Å². The van der Waals surface area contributed by atoms with Gasteiger partial charge in [0.15, 0.2) is 5.13 Å². The van der Waals surface area contributed by atoms with E-state index in [2.05, 4.69) is 15.3 Å². The Morgan fingerprint density at radius 3 is 2.75 bits per heavy atom. The number of carbonyl (C=O) groups is 2. The minimum Gasteiger partial charge on any atom is -0.339 e. The van der Waals surface area contributed by atoms with Crippen LogP contribution in [0, 0.1) is 6.92 Å². The number of nitrogens with one attached hydrogen (secondary N) is 1. The van der Waals surface area contributed by atoms with Gasteiger partial charge in [0.1, 0.15) is 0 Å². The number of thiazole rings is 1. The molecular formula is C16H18N4O2S2. The van der Waals surface area contributed by atoms with Crippen molar-refractivity contribution in [3.05, 3.63) is 35.0 Å². The fourth-order valence-corrected chi connectivity index (χ4v) is 3.75. The van der Waals surface area contributed by atoms with Crippen molar-refractivity contribution in [1.82, 2.24) is 14.9 Å². The number of carbonyl (C=O) groups excluding carboxylic acids is 2. The van der Waals surface area contributed by atoms with Gasteiger partial charge < -0.3 is 10.2 Å². The molecule has 0 atom stereocenters. The second-order valence-electron chi connectivity index (χ2n) is 5.52. The molecule has 1 N–H and O–H groups in total. The molecule has 2 aromatic heterocycles. The van der Waals surface area contributed by atoms with Gasteiger partial charge in [-0.2, -0.15) is 0 Å². The summed E-state index contributed by atoms with van der Waals surface area (Å²) in [6.45, 7) is 3.54. The Morgan fingerprint density at radius 2 is 2.12 bits per heavy atom. The van der Waals surface area contributed by atoms with E-state index in [0.29, 0.717) is 10.7 Å². The highest BCUT2D eigenvalue weighted by molar-refractivity contribution is 7.99. The molecule has 0 bridgehead atoms. The van der Waals surface area contributed by atoms with E-state index >= 15 is 0 Å². The highest BCUT2D eigenvalue weighted by atomic mass is 32.2. The smallest absolute Gasteiger partial charge is 0.255 e. The predicted molar refractivity (Wildman–Crippen MR) is 95.6 cm³/mol. The van der Waals surface area contributed by atoms with Crippen LogP contribution in [0.5, 0.6) is 0 Å². The largest absolute Gasteiger partial charge is 0.339 e. The number of hydrogen-bond donors (Lipinski definition) is 1. The zero-order valence-electron chi connectivity index (χ0n) is 13.3. The normalized spacial score (nSPS) is 14.0. The number of thioether (sulfide) groups is 1. The Hall–Kier alpha value is -1.93. The van der Waals surface area contributed by atoms with E-state index in [-0.39, 0.29) is 17.6 Å². The number of aryl methyl sites for hydroxylation is 1. The highest BCUT2D eigenvalue weighted by Crippen LogP contribution is 2.19. The summed E-state index contributed by atoms with van der Waals surface area (Å²) < 4.78 is 0. The molecule has 0 aliphatic carbocycles. The Morgan fingerprint density at radius 1 is 1.33 bits per heavy atom. The lowest BCUT2D eigenvalue weighted by atomic mass is 10.2. The SMILES string of the molecule is Cc1csc(NC(=O)CSc2ccc(C(=O)N3CCCC3)cn2)n1. The second-order valence-corrected chi connectivity index (χ2v) is 7.37. The Labute approximate surface area is 148 Å². The summed E-state index contributed by atoms with van der Waals surface area (Å²) in [4.78, 5) is 34.5. The van der Waals surface area contributed by atoms with Crippen molar-refractivity contribution in [2.75, 3.05) is 24.2 Å². The van der Waals surface area contributed by atoms with Gasteiger partial charge in [-0.15, -0.1) is 11.3 Å². The first-order chi connectivity index (χ1) is 11.6. The molecule has 2 amide bonds. The van der Waals surface area contributed by atoms with Crippen LogP contribution >= 0.6 is 23.1 Å². The third-order valence-corrected chi connectivity index (χ3v) is 5.41. The van der Waals surface area contributed by atoms with Gasteiger partial charge in [-0.05, 0) is 31.9 Å². The molecule has 0 aromatic carbocycles. The maximum atomic E-state index is 12.2. The lowest BCUT2D eigenvalue weighted by Gasteiger charge is -2.14. The maximum absolute atomic E-state index is 12.2. The van der Waals surface area contributed by atoms with Crippen molar-refractivity contribution in [1.29, 1.82) is 0 Å². The molecule has 0 saturated carbocycles. The van der Waals surface area contributed by atoms with Crippen LogP contribution in [0.3, 0.4) is 0 Å². The van der Waals surface area contributed by atoms with E-state index in [1.165, 1.54) is 23.1 Å². The predicted octanol–water partition coefficient (Wildman–Crippen LogP) is 2.81. The van der Waals surface area contributed by atoms with Crippen LogP contribution in [0.2, 0.25) is 0 Å². The van der Waals surface area contributed by atoms with Crippen molar-refractivity contribution in [2.24, 2.45) is 0 Å². The van der Waals surface area contributed by atoms with Crippen molar-refractivity contribution < 1.29 is 9.59 Å². The van der Waals surface area contributed by atoms with Gasteiger partial charge in [0.25, 0.3) is 5.91 Å². The molecule has 0 spiro atoms. The highest BCUT2D eigenvalue weighted by Gasteiger charge is 2.19. The molecule has 1 fully saturated rings. The van der Waals surface area contributed by atoms with Crippen LogP contribution in [-0.2, 0) is 4.79 Å². The number of nitrogens with zero attached hydrogens (tertiary/aromatic N) is 3. The minimum atomic E-state index is -0.117. The molecule has 3 rings (SSSR count). The molecule has 1 aliphatic rings. The summed E-state index contributed by atoms with van der Waals surface area (Å²) in [5, 5.41) is 5.98. The average molecular weight is 362 g/mol. The molecule has 24 heavy (non-hydrogen) atoms. The van der Waals surface area contributed by atoms with Gasteiger partial charge in [0.05, 0.1) is 22.0 Å². The fourth-order valence-electron chi connectivity index (χ4n) is 2.40. The van der Waals surface area contributed by atoms with Gasteiger partial charge in [-0.3, -0.25) is 9.59 Å². The zero-order valence-corrected chi connectivity index (χ0v) is 15.0. The molecule has 2 aromatic rings. The number of aromatic nitrogens is 2. The van der Waals surface area contributed by atoms with Crippen molar-refractivity contribution in [3.63, 3.8) is 0 Å². The number of anilines is 1. The molecule has 1 aliphatic heterocycles. The molecule has 126 valence electrons. The molecule has 6 nitrogen and oxygen atoms in total. The summed E-state index contributed by atoms with van der Waals surface area (Å²) in [6, 6.07) is 3.56. The molecule has 0 unspecified atom stereocenters. The first-order valence-corrected chi connectivity index (χ1v) is 9.58. The fraction of sp³-hybridized carbons (Fsp3) is 0.375. The Kier molecular flexibility index (Phi) is 5.47. The topological polar surface area (TPSA) is 75.2 Å². The van der Waals surface area contributed by atoms with Crippen molar-refractivity contribution in [2.45, 2.75) is 24.8 Å². The van der Waals surface area contributed by atoms with Crippen LogP contribution in [0.4, 0.5) is 5.13 Å². The van der Waals surface area contributed by atoms with E-state index < -0.39 is 0 Å². The first kappa shape index (κ1) is 16.9. The Bertz CT molecular complexity index is 724. The first-order valence-electron chi connectivity index (χ1n) is 7.72. The van der Waals surface area contributed by atoms with E-state index in [4.69, 9.17) is 0 Å². The Balaban J connectivity index is 1.50. The summed E-state index contributed by atoms with van der Waals surface area (Å²) in [6.07, 6.45) is 3.73. The number of pyridine rings is 1. The van der Waals surface area contributed by atoms with E-state index in [0.717, 1.165) is 36.7 Å². The monoisotopic (exact) mass is 362 g/mol. The lowest BCUT2D eigenvalue weighted by molar-refractivity contribution is -0.113. The number of rotatable bonds is 5. The zero-order chi connectivity index (χ0) is 16.9. The average Bonchev–Trinajstić information content (AvgIpc) is 3.25. The minimum absolute atomic E-state index is 0.0356. The van der Waals surface area contributed by atoms with E-state index in [9.17, 15) is 9.59 Å². The van der Waals surface area contributed by atoms with Crippen LogP contribution in [0.15, 0.2) is 28.7 Å². The summed E-state index contributed by atoms with van der Waals surface area (Å²) >= 11 is 2.74. The van der Waals surface area contributed by atoms with Crippen LogP contribution < -0.4 is 5.32 Å². The van der Waals surface area contributed by atoms with Gasteiger partial charge in [0.2, 0.25) is 5.91 Å². The summed E-state index contributed by atoms with van der Waals surface area (Å²) in [7, 11) is 0. The second kappa shape index (κ2) is 7.76. The number of likely N-dealkylation sites (tertiary alicyclic amines) is 1. The quantitative estimate of drug-likeness (QED) is 0.828. The van der Waals surface area contributed by atoms with Gasteiger partial charge in [-0.1, -0.05) is 11.8 Å². The number of hydrogen-bond acceptors (Lipinski definition) is 6. The third kappa shape index (κ3) is 4.33. The van der Waals surface area contributed by atoms with Crippen molar-refractivity contribution in [3.8, 4) is 0 Å². The standard InChI is InChI=1S/C16H18N4O2S2/c1-11-9-24-16(18-11)19-13(21)10-23-14-5-4-12(8-17-14)15(22)20-6-2-3-7-20/h4-5,8-9H,2-3,6-7,10H2,1H3,(H,18,19,21). The summed E-state index contributed by atoms with van der Waals surface area (Å²) in [5.74, 6) is 0.173. The lowest BCUT2D eigenvalue weighted by Crippen LogP contribution is -2.27. The molecule has 1 saturated heterocycles.